The number of nitrogens with zero attached hydrogens (tertiary/aromatic N) is 1. The van der Waals surface area contributed by atoms with Crippen molar-refractivity contribution in [1.29, 1.82) is 0 Å². The van der Waals surface area contributed by atoms with Crippen molar-refractivity contribution in [3.8, 4) is 11.5 Å². The molecule has 1 heterocycles. The van der Waals surface area contributed by atoms with Crippen LogP contribution in [0.1, 0.15) is 5.56 Å². The van der Waals surface area contributed by atoms with E-state index in [2.05, 4.69) is 5.43 Å². The molecule has 0 bridgehead atoms. The number of hydrogen-bond donors (Lipinski definition) is 1. The zero-order valence-corrected chi connectivity index (χ0v) is 15.3. The Morgan fingerprint density at radius 1 is 1.12 bits per heavy atom. The van der Waals surface area contributed by atoms with Gasteiger partial charge in [-0.05, 0) is 42.6 Å². The van der Waals surface area contributed by atoms with Crippen molar-refractivity contribution in [2.24, 2.45) is 0 Å². The molecule has 1 saturated heterocycles. The summed E-state index contributed by atoms with van der Waals surface area (Å²) in [5.74, 6) is 1.12. The fourth-order valence-electron chi connectivity index (χ4n) is 2.28. The molecular weight excluding hydrogens is 356 g/mol. The van der Waals surface area contributed by atoms with Crippen molar-refractivity contribution in [2.75, 3.05) is 19.6 Å². The van der Waals surface area contributed by atoms with Gasteiger partial charge >= 0.3 is 0 Å². The number of thioether (sulfide) groups is 1. The molecule has 0 saturated carbocycles. The van der Waals surface area contributed by atoms with Crippen LogP contribution in [0.4, 0.5) is 5.69 Å². The summed E-state index contributed by atoms with van der Waals surface area (Å²) in [6.45, 7) is 0. The smallest absolute Gasteiger partial charge is 0.285 e. The normalized spacial score (nSPS) is 15.6. The Balaban J connectivity index is 1.85. The minimum atomic E-state index is -0.197. The zero-order chi connectivity index (χ0) is 17.8. The molecule has 25 heavy (non-hydrogen) atoms. The van der Waals surface area contributed by atoms with Gasteiger partial charge in [-0.3, -0.25) is 10.2 Å². The van der Waals surface area contributed by atoms with Gasteiger partial charge in [0.1, 0.15) is 11.5 Å². The number of hydrazine groups is 1. The fourth-order valence-corrected chi connectivity index (χ4v) is 3.46. The van der Waals surface area contributed by atoms with E-state index in [4.69, 9.17) is 21.7 Å². The number of benzene rings is 2. The summed E-state index contributed by atoms with van der Waals surface area (Å²) >= 11 is 6.57. The van der Waals surface area contributed by atoms with Gasteiger partial charge in [0, 0.05) is 11.6 Å². The molecule has 1 fully saturated rings. The van der Waals surface area contributed by atoms with Crippen LogP contribution in [-0.2, 0) is 4.79 Å². The number of methoxy groups -OCH3 is 2. The molecule has 0 unspecified atom stereocenters. The van der Waals surface area contributed by atoms with Crippen LogP contribution in [-0.4, -0.2) is 29.5 Å². The highest BCUT2D eigenvalue weighted by Crippen LogP contribution is 2.35. The summed E-state index contributed by atoms with van der Waals surface area (Å²) in [6.07, 6.45) is 1.77. The van der Waals surface area contributed by atoms with E-state index in [1.165, 1.54) is 16.8 Å². The van der Waals surface area contributed by atoms with Gasteiger partial charge in [-0.2, -0.15) is 0 Å². The molecule has 1 aliphatic heterocycles. The Bertz CT molecular complexity index is 837. The number of hydrogen-bond acceptors (Lipinski definition) is 6. The number of amides is 1. The molecule has 0 aliphatic carbocycles. The lowest BCUT2D eigenvalue weighted by atomic mass is 10.1. The molecule has 3 rings (SSSR count). The predicted octanol–water partition coefficient (Wildman–Crippen LogP) is 3.93. The number of nitrogens with one attached hydrogen (secondary N) is 1. The van der Waals surface area contributed by atoms with Crippen LogP contribution >= 0.6 is 24.0 Å². The van der Waals surface area contributed by atoms with E-state index in [1.54, 1.807) is 26.4 Å². The molecule has 5 nitrogen and oxygen atoms in total. The van der Waals surface area contributed by atoms with Gasteiger partial charge in [-0.15, -0.1) is 0 Å². The number of carbonyl (C=O) groups excluding carboxylic acids is 1. The second-order valence-corrected chi connectivity index (χ2v) is 6.78. The highest BCUT2D eigenvalue weighted by atomic mass is 32.2. The SMILES string of the molecule is COc1ccc(/C=C2/SC(=S)N(Nc3ccccc3)C2=O)c(OC)c1. The lowest BCUT2D eigenvalue weighted by Crippen LogP contribution is -2.33. The van der Waals surface area contributed by atoms with Crippen LogP contribution in [0.15, 0.2) is 53.4 Å². The summed E-state index contributed by atoms with van der Waals surface area (Å²) < 4.78 is 11.0. The molecule has 7 heteroatoms. The standard InChI is InChI=1S/C18H16N2O3S2/c1-22-14-9-8-12(15(11-14)23-2)10-16-17(21)20(18(24)25-16)19-13-6-4-3-5-7-13/h3-11,19H,1-2H3/b16-10+. The summed E-state index contributed by atoms with van der Waals surface area (Å²) in [5.41, 5.74) is 4.61. The molecule has 2 aromatic rings. The van der Waals surface area contributed by atoms with E-state index in [1.807, 2.05) is 42.5 Å². The highest BCUT2D eigenvalue weighted by Gasteiger charge is 2.32. The molecule has 1 N–H and O–H groups in total. The molecule has 2 aromatic carbocycles. The second kappa shape index (κ2) is 7.58. The van der Waals surface area contributed by atoms with Crippen molar-refractivity contribution in [3.63, 3.8) is 0 Å². The first-order valence-corrected chi connectivity index (χ1v) is 8.66. The van der Waals surface area contributed by atoms with E-state index >= 15 is 0 Å². The maximum atomic E-state index is 12.7. The number of para-hydroxylation sites is 1. The third-order valence-electron chi connectivity index (χ3n) is 3.54. The van der Waals surface area contributed by atoms with Crippen molar-refractivity contribution >= 4 is 46.0 Å². The minimum Gasteiger partial charge on any atom is -0.497 e. The lowest BCUT2D eigenvalue weighted by Gasteiger charge is -2.16. The van der Waals surface area contributed by atoms with Crippen molar-refractivity contribution in [2.45, 2.75) is 0 Å². The van der Waals surface area contributed by atoms with Gasteiger partial charge in [0.15, 0.2) is 4.32 Å². The maximum absolute atomic E-state index is 12.7. The predicted molar refractivity (Wildman–Crippen MR) is 105 cm³/mol. The van der Waals surface area contributed by atoms with Crippen LogP contribution in [0, 0.1) is 0 Å². The third-order valence-corrected chi connectivity index (χ3v) is 4.84. The van der Waals surface area contributed by atoms with Crippen LogP contribution in [0.3, 0.4) is 0 Å². The number of anilines is 1. The number of carbonyl (C=O) groups is 1. The highest BCUT2D eigenvalue weighted by molar-refractivity contribution is 8.26. The molecular formula is C18H16N2O3S2. The summed E-state index contributed by atoms with van der Waals surface area (Å²) in [4.78, 5) is 13.2. The van der Waals surface area contributed by atoms with Gasteiger partial charge in [0.25, 0.3) is 5.91 Å². The van der Waals surface area contributed by atoms with Crippen molar-refractivity contribution in [3.05, 3.63) is 59.0 Å². The topological polar surface area (TPSA) is 50.8 Å². The monoisotopic (exact) mass is 372 g/mol. The molecule has 0 radical (unpaired) electrons. The maximum Gasteiger partial charge on any atom is 0.285 e. The van der Waals surface area contributed by atoms with Crippen LogP contribution < -0.4 is 14.9 Å². The van der Waals surface area contributed by atoms with Crippen LogP contribution in [0.2, 0.25) is 0 Å². The van der Waals surface area contributed by atoms with E-state index in [0.29, 0.717) is 20.7 Å². The number of ether oxygens (including phenoxy) is 2. The number of thiocarbonyl (C=S) groups is 1. The molecule has 1 amide bonds. The summed E-state index contributed by atoms with van der Waals surface area (Å²) in [6, 6.07) is 14.9. The first-order valence-electron chi connectivity index (χ1n) is 7.44. The van der Waals surface area contributed by atoms with Gasteiger partial charge < -0.3 is 9.47 Å². The molecule has 0 aromatic heterocycles. The van der Waals surface area contributed by atoms with Gasteiger partial charge in [0.2, 0.25) is 0 Å². The summed E-state index contributed by atoms with van der Waals surface area (Å²) in [7, 11) is 3.17. The first kappa shape index (κ1) is 17.3. The Labute approximate surface area is 155 Å². The Morgan fingerprint density at radius 3 is 2.56 bits per heavy atom. The molecule has 128 valence electrons. The number of rotatable bonds is 5. The Morgan fingerprint density at radius 2 is 1.88 bits per heavy atom. The zero-order valence-electron chi connectivity index (χ0n) is 13.7. The lowest BCUT2D eigenvalue weighted by molar-refractivity contribution is -0.121. The molecule has 0 spiro atoms. The minimum absolute atomic E-state index is 0.197. The fraction of sp³-hybridized carbons (Fsp3) is 0.111. The van der Waals surface area contributed by atoms with Crippen molar-refractivity contribution < 1.29 is 14.3 Å². The molecule has 1 aliphatic rings. The van der Waals surface area contributed by atoms with Crippen LogP contribution in [0.5, 0.6) is 11.5 Å². The summed E-state index contributed by atoms with van der Waals surface area (Å²) in [5, 5.41) is 1.37. The van der Waals surface area contributed by atoms with Crippen LogP contribution in [0.25, 0.3) is 6.08 Å². The first-order chi connectivity index (χ1) is 12.1. The van der Waals surface area contributed by atoms with E-state index in [9.17, 15) is 4.79 Å². The average Bonchev–Trinajstić information content (AvgIpc) is 2.90. The molecule has 0 atom stereocenters. The third kappa shape index (κ3) is 3.78. The van der Waals surface area contributed by atoms with E-state index in [0.717, 1.165) is 11.3 Å². The van der Waals surface area contributed by atoms with Gasteiger partial charge in [-0.1, -0.05) is 30.0 Å². The van der Waals surface area contributed by atoms with Gasteiger partial charge in [0.05, 0.1) is 24.8 Å². The largest absolute Gasteiger partial charge is 0.497 e. The van der Waals surface area contributed by atoms with Gasteiger partial charge in [-0.25, -0.2) is 5.01 Å². The second-order valence-electron chi connectivity index (χ2n) is 5.10. The quantitative estimate of drug-likeness (QED) is 0.634. The Kier molecular flexibility index (Phi) is 5.25. The van der Waals surface area contributed by atoms with E-state index in [-0.39, 0.29) is 5.91 Å². The van der Waals surface area contributed by atoms with Crippen molar-refractivity contribution in [1.82, 2.24) is 5.01 Å². The average molecular weight is 372 g/mol. The Hall–Kier alpha value is -2.51. The van der Waals surface area contributed by atoms with E-state index < -0.39 is 0 Å².